The van der Waals surface area contributed by atoms with Crippen LogP contribution in [0.4, 0.5) is 9.52 Å². The summed E-state index contributed by atoms with van der Waals surface area (Å²) in [5, 5.41) is 3.41. The van der Waals surface area contributed by atoms with Crippen molar-refractivity contribution in [2.45, 2.75) is 33.6 Å². The second kappa shape index (κ2) is 7.76. The lowest BCUT2D eigenvalue weighted by atomic mass is 9.91. The van der Waals surface area contributed by atoms with Gasteiger partial charge in [0.25, 0.3) is 0 Å². The maximum atomic E-state index is 13.0. The first kappa shape index (κ1) is 19.5. The quantitative estimate of drug-likeness (QED) is 0.857. The van der Waals surface area contributed by atoms with E-state index in [0.29, 0.717) is 31.1 Å². The summed E-state index contributed by atoms with van der Waals surface area (Å²) < 4.78 is 13.0. The number of halogens is 1. The molecule has 1 aliphatic rings. The Morgan fingerprint density at radius 1 is 1.19 bits per heavy atom. The van der Waals surface area contributed by atoms with Crippen molar-refractivity contribution < 1.29 is 14.0 Å². The molecule has 0 atom stereocenters. The summed E-state index contributed by atoms with van der Waals surface area (Å²) in [6.45, 7) is 6.94. The summed E-state index contributed by atoms with van der Waals surface area (Å²) in [5.41, 5.74) is 0.468. The highest BCUT2D eigenvalue weighted by Gasteiger charge is 2.32. The SMILES string of the molecule is CC(C)(C)C(=O)N1CCC(C(=O)Nc2ncc(-c3ccc(F)cc3)s2)CC1. The first-order chi connectivity index (χ1) is 12.7. The Hall–Kier alpha value is -2.28. The average molecular weight is 389 g/mol. The third-order valence-corrected chi connectivity index (χ3v) is 5.62. The molecule has 3 rings (SSSR count). The van der Waals surface area contributed by atoms with E-state index < -0.39 is 5.41 Å². The van der Waals surface area contributed by atoms with Gasteiger partial charge in [-0.2, -0.15) is 0 Å². The number of likely N-dealkylation sites (tertiary alicyclic amines) is 1. The van der Waals surface area contributed by atoms with Gasteiger partial charge in [0.1, 0.15) is 5.82 Å². The molecule has 2 aromatic rings. The molecule has 0 bridgehead atoms. The van der Waals surface area contributed by atoms with Crippen molar-refractivity contribution in [3.05, 3.63) is 36.3 Å². The molecule has 144 valence electrons. The molecule has 2 amide bonds. The first-order valence-electron chi connectivity index (χ1n) is 9.06. The van der Waals surface area contributed by atoms with Crippen LogP contribution in [0, 0.1) is 17.2 Å². The van der Waals surface area contributed by atoms with Gasteiger partial charge in [0, 0.05) is 30.6 Å². The predicted molar refractivity (Wildman–Crippen MR) is 105 cm³/mol. The van der Waals surface area contributed by atoms with E-state index in [2.05, 4.69) is 10.3 Å². The van der Waals surface area contributed by atoms with E-state index >= 15 is 0 Å². The topological polar surface area (TPSA) is 62.3 Å². The van der Waals surface area contributed by atoms with Crippen molar-refractivity contribution in [2.24, 2.45) is 11.3 Å². The minimum absolute atomic E-state index is 0.0575. The lowest BCUT2D eigenvalue weighted by molar-refractivity contribution is -0.142. The van der Waals surface area contributed by atoms with E-state index in [1.807, 2.05) is 25.7 Å². The lowest BCUT2D eigenvalue weighted by Crippen LogP contribution is -2.45. The van der Waals surface area contributed by atoms with Gasteiger partial charge in [0.05, 0.1) is 4.88 Å². The Bertz CT molecular complexity index is 818. The van der Waals surface area contributed by atoms with Crippen LogP contribution >= 0.6 is 11.3 Å². The molecule has 27 heavy (non-hydrogen) atoms. The Morgan fingerprint density at radius 2 is 1.81 bits per heavy atom. The summed E-state index contributed by atoms with van der Waals surface area (Å²) in [7, 11) is 0. The number of nitrogens with one attached hydrogen (secondary N) is 1. The molecule has 0 saturated carbocycles. The molecule has 0 radical (unpaired) electrons. The Kier molecular flexibility index (Phi) is 5.60. The van der Waals surface area contributed by atoms with E-state index in [1.54, 1.807) is 18.3 Å². The van der Waals surface area contributed by atoms with E-state index in [1.165, 1.54) is 23.5 Å². The zero-order valence-electron chi connectivity index (χ0n) is 15.8. The van der Waals surface area contributed by atoms with Crippen LogP contribution in [0.3, 0.4) is 0 Å². The molecule has 1 saturated heterocycles. The highest BCUT2D eigenvalue weighted by Crippen LogP contribution is 2.30. The molecule has 1 aliphatic heterocycles. The molecule has 2 heterocycles. The van der Waals surface area contributed by atoms with Crippen molar-refractivity contribution in [3.8, 4) is 10.4 Å². The van der Waals surface area contributed by atoms with E-state index in [4.69, 9.17) is 0 Å². The monoisotopic (exact) mass is 389 g/mol. The molecule has 1 aromatic heterocycles. The number of nitrogens with zero attached hydrogens (tertiary/aromatic N) is 2. The van der Waals surface area contributed by atoms with Gasteiger partial charge in [0.15, 0.2) is 5.13 Å². The van der Waals surface area contributed by atoms with Crippen LogP contribution < -0.4 is 5.32 Å². The van der Waals surface area contributed by atoms with Crippen LogP contribution in [-0.2, 0) is 9.59 Å². The van der Waals surface area contributed by atoms with Gasteiger partial charge < -0.3 is 10.2 Å². The maximum Gasteiger partial charge on any atom is 0.229 e. The highest BCUT2D eigenvalue weighted by atomic mass is 32.1. The van der Waals surface area contributed by atoms with E-state index in [0.717, 1.165) is 10.4 Å². The highest BCUT2D eigenvalue weighted by molar-refractivity contribution is 7.19. The van der Waals surface area contributed by atoms with Crippen LogP contribution in [-0.4, -0.2) is 34.8 Å². The van der Waals surface area contributed by atoms with E-state index in [-0.39, 0.29) is 23.5 Å². The third-order valence-electron chi connectivity index (χ3n) is 4.66. The second-order valence-electron chi connectivity index (χ2n) is 7.84. The first-order valence-corrected chi connectivity index (χ1v) is 9.88. The Labute approximate surface area is 162 Å². The van der Waals surface area contributed by atoms with Gasteiger partial charge in [-0.15, -0.1) is 0 Å². The molecule has 1 fully saturated rings. The minimum Gasteiger partial charge on any atom is -0.342 e. The average Bonchev–Trinajstić information content (AvgIpc) is 3.09. The zero-order chi connectivity index (χ0) is 19.6. The number of thiazole rings is 1. The molecule has 1 N–H and O–H groups in total. The number of benzene rings is 1. The predicted octanol–water partition coefficient (Wildman–Crippen LogP) is 4.17. The second-order valence-corrected chi connectivity index (χ2v) is 8.87. The molecule has 0 spiro atoms. The smallest absolute Gasteiger partial charge is 0.229 e. The number of rotatable bonds is 3. The number of piperidine rings is 1. The zero-order valence-corrected chi connectivity index (χ0v) is 16.6. The third kappa shape index (κ3) is 4.71. The van der Waals surface area contributed by atoms with E-state index in [9.17, 15) is 14.0 Å². The summed E-state index contributed by atoms with van der Waals surface area (Å²) in [4.78, 5) is 31.8. The number of hydrogen-bond acceptors (Lipinski definition) is 4. The molecular weight excluding hydrogens is 365 g/mol. The number of amides is 2. The van der Waals surface area contributed by atoms with Crippen molar-refractivity contribution in [1.29, 1.82) is 0 Å². The van der Waals surface area contributed by atoms with Gasteiger partial charge in [-0.05, 0) is 30.5 Å². The normalized spacial score (nSPS) is 15.6. The van der Waals surface area contributed by atoms with Crippen LogP contribution in [0.15, 0.2) is 30.5 Å². The molecule has 5 nitrogen and oxygen atoms in total. The van der Waals surface area contributed by atoms with Gasteiger partial charge in [-0.25, -0.2) is 9.37 Å². The minimum atomic E-state index is -0.396. The molecule has 1 aromatic carbocycles. The van der Waals surface area contributed by atoms with Gasteiger partial charge in [0.2, 0.25) is 11.8 Å². The number of hydrogen-bond donors (Lipinski definition) is 1. The summed E-state index contributed by atoms with van der Waals surface area (Å²) in [6.07, 6.45) is 2.99. The summed E-state index contributed by atoms with van der Waals surface area (Å²) >= 11 is 1.36. The molecule has 7 heteroatoms. The van der Waals surface area contributed by atoms with Crippen LogP contribution in [0.2, 0.25) is 0 Å². The summed E-state index contributed by atoms with van der Waals surface area (Å²) in [6, 6.07) is 6.19. The van der Waals surface area contributed by atoms with Crippen molar-refractivity contribution >= 4 is 28.3 Å². The van der Waals surface area contributed by atoms with Crippen molar-refractivity contribution in [1.82, 2.24) is 9.88 Å². The Morgan fingerprint density at radius 3 is 2.41 bits per heavy atom. The molecule has 0 unspecified atom stereocenters. The number of carbonyl (C=O) groups is 2. The molecule has 0 aliphatic carbocycles. The van der Waals surface area contributed by atoms with Gasteiger partial charge in [-0.1, -0.05) is 44.2 Å². The standard InChI is InChI=1S/C20H24FN3O2S/c1-20(2,3)18(26)24-10-8-14(9-11-24)17(25)23-19-22-12-16(27-19)13-4-6-15(21)7-5-13/h4-7,12,14H,8-11H2,1-3H3,(H,22,23,25). The number of carbonyl (C=O) groups excluding carboxylic acids is 2. The number of aromatic nitrogens is 1. The van der Waals surface area contributed by atoms with Crippen LogP contribution in [0.1, 0.15) is 33.6 Å². The fourth-order valence-corrected chi connectivity index (χ4v) is 3.93. The fraction of sp³-hybridized carbons (Fsp3) is 0.450. The van der Waals surface area contributed by atoms with Crippen molar-refractivity contribution in [2.75, 3.05) is 18.4 Å². The van der Waals surface area contributed by atoms with Crippen LogP contribution in [0.5, 0.6) is 0 Å². The van der Waals surface area contributed by atoms with Crippen LogP contribution in [0.25, 0.3) is 10.4 Å². The number of anilines is 1. The molecular formula is C20H24FN3O2S. The summed E-state index contributed by atoms with van der Waals surface area (Å²) in [5.74, 6) is -0.330. The van der Waals surface area contributed by atoms with Crippen molar-refractivity contribution in [3.63, 3.8) is 0 Å². The van der Waals surface area contributed by atoms with Gasteiger partial charge >= 0.3 is 0 Å². The lowest BCUT2D eigenvalue weighted by Gasteiger charge is -2.35. The fourth-order valence-electron chi connectivity index (χ4n) is 3.11. The largest absolute Gasteiger partial charge is 0.342 e. The Balaban J connectivity index is 1.56. The maximum absolute atomic E-state index is 13.0. The van der Waals surface area contributed by atoms with Gasteiger partial charge in [-0.3, -0.25) is 9.59 Å².